The number of aromatic amines is 1. The largest absolute Gasteiger partial charge is 0.343 e. The maximum atomic E-state index is 14.1. The monoisotopic (exact) mass is 280 g/mol. The molecule has 100 valence electrons. The molecule has 0 aliphatic rings. The average molecular weight is 280 g/mol. The van der Waals surface area contributed by atoms with Crippen LogP contribution in [0.5, 0.6) is 0 Å². The minimum atomic E-state index is -0.616. The molecule has 0 aliphatic heterocycles. The summed E-state index contributed by atoms with van der Waals surface area (Å²) in [6.07, 6.45) is 0. The van der Waals surface area contributed by atoms with Gasteiger partial charge < -0.3 is 4.98 Å². The Bertz CT molecular complexity index is 678. The number of hydrogen-bond donors (Lipinski definition) is 1. The quantitative estimate of drug-likeness (QED) is 0.819. The van der Waals surface area contributed by atoms with Gasteiger partial charge in [0, 0.05) is 5.92 Å². The summed E-state index contributed by atoms with van der Waals surface area (Å²) in [5.74, 6) is -0.485. The molecule has 0 saturated carbocycles. The van der Waals surface area contributed by atoms with Crippen LogP contribution in [0.1, 0.15) is 31.2 Å². The third-order valence-electron chi connectivity index (χ3n) is 2.86. The predicted octanol–water partition coefficient (Wildman–Crippen LogP) is 4.52. The molecular formula is C14H14F2N2S. The van der Waals surface area contributed by atoms with Gasteiger partial charge in [0.15, 0.2) is 0 Å². The summed E-state index contributed by atoms with van der Waals surface area (Å²) in [6.45, 7) is 5.46. The summed E-state index contributed by atoms with van der Waals surface area (Å²) in [7, 11) is 0. The van der Waals surface area contributed by atoms with Crippen LogP contribution < -0.4 is 0 Å². The van der Waals surface area contributed by atoms with Gasteiger partial charge in [-0.25, -0.2) is 13.8 Å². The molecular weight excluding hydrogens is 266 g/mol. The van der Waals surface area contributed by atoms with Gasteiger partial charge in [-0.1, -0.05) is 32.1 Å². The van der Waals surface area contributed by atoms with Crippen molar-refractivity contribution in [3.8, 4) is 11.3 Å². The van der Waals surface area contributed by atoms with E-state index in [0.717, 1.165) is 0 Å². The third-order valence-corrected chi connectivity index (χ3v) is 3.07. The Hall–Kier alpha value is -1.62. The van der Waals surface area contributed by atoms with E-state index in [1.54, 1.807) is 6.92 Å². The van der Waals surface area contributed by atoms with Gasteiger partial charge >= 0.3 is 0 Å². The summed E-state index contributed by atoms with van der Waals surface area (Å²) >= 11 is 5.05. The topological polar surface area (TPSA) is 28.7 Å². The molecule has 0 amide bonds. The summed E-state index contributed by atoms with van der Waals surface area (Å²) in [5.41, 5.74) is 0.622. The lowest BCUT2D eigenvalue weighted by Gasteiger charge is -2.11. The SMILES string of the molecule is Cc1ccc(F)c(-c2cc(=S)nc(C(C)C)[nH]2)c1F. The minimum Gasteiger partial charge on any atom is -0.343 e. The summed E-state index contributed by atoms with van der Waals surface area (Å²) in [6, 6.07) is 4.13. The molecule has 1 aromatic heterocycles. The average Bonchev–Trinajstić information content (AvgIpc) is 2.34. The fraction of sp³-hybridized carbons (Fsp3) is 0.286. The highest BCUT2D eigenvalue weighted by atomic mass is 32.1. The van der Waals surface area contributed by atoms with Crippen LogP contribution in [0.4, 0.5) is 8.78 Å². The van der Waals surface area contributed by atoms with Crippen molar-refractivity contribution < 1.29 is 8.78 Å². The number of aryl methyl sites for hydroxylation is 1. The minimum absolute atomic E-state index is 0.0876. The van der Waals surface area contributed by atoms with Crippen LogP contribution in [0.15, 0.2) is 18.2 Å². The summed E-state index contributed by atoms with van der Waals surface area (Å²) in [4.78, 5) is 7.11. The Morgan fingerprint density at radius 2 is 1.95 bits per heavy atom. The van der Waals surface area contributed by atoms with Crippen LogP contribution in [-0.4, -0.2) is 9.97 Å². The van der Waals surface area contributed by atoms with Crippen molar-refractivity contribution in [2.24, 2.45) is 0 Å². The fourth-order valence-corrected chi connectivity index (χ4v) is 2.00. The Kier molecular flexibility index (Phi) is 3.75. The van der Waals surface area contributed by atoms with Gasteiger partial charge in [-0.3, -0.25) is 0 Å². The van der Waals surface area contributed by atoms with Crippen molar-refractivity contribution in [2.75, 3.05) is 0 Å². The molecule has 0 fully saturated rings. The second kappa shape index (κ2) is 5.17. The predicted molar refractivity (Wildman–Crippen MR) is 73.6 cm³/mol. The van der Waals surface area contributed by atoms with Crippen molar-refractivity contribution in [1.82, 2.24) is 9.97 Å². The lowest BCUT2D eigenvalue weighted by molar-refractivity contribution is 0.582. The summed E-state index contributed by atoms with van der Waals surface area (Å²) in [5, 5.41) is 0. The van der Waals surface area contributed by atoms with Crippen LogP contribution in [0.3, 0.4) is 0 Å². The molecule has 0 bridgehead atoms. The highest BCUT2D eigenvalue weighted by Gasteiger charge is 2.15. The Morgan fingerprint density at radius 3 is 2.58 bits per heavy atom. The molecule has 2 rings (SSSR count). The molecule has 1 aromatic carbocycles. The molecule has 19 heavy (non-hydrogen) atoms. The van der Waals surface area contributed by atoms with Crippen molar-refractivity contribution >= 4 is 12.2 Å². The van der Waals surface area contributed by atoms with E-state index in [4.69, 9.17) is 12.2 Å². The smallest absolute Gasteiger partial charge is 0.138 e. The van der Waals surface area contributed by atoms with Gasteiger partial charge in [0.05, 0.1) is 11.3 Å². The zero-order valence-corrected chi connectivity index (χ0v) is 11.7. The van der Waals surface area contributed by atoms with E-state index in [1.807, 2.05) is 13.8 Å². The number of rotatable bonds is 2. The Balaban J connectivity index is 2.72. The molecule has 2 nitrogen and oxygen atoms in total. The van der Waals surface area contributed by atoms with E-state index in [1.165, 1.54) is 18.2 Å². The number of H-pyrrole nitrogens is 1. The second-order valence-electron chi connectivity index (χ2n) is 4.73. The fourth-order valence-electron chi connectivity index (χ4n) is 1.79. The number of nitrogens with zero attached hydrogens (tertiary/aromatic N) is 1. The number of nitrogens with one attached hydrogen (secondary N) is 1. The van der Waals surface area contributed by atoms with Crippen LogP contribution in [0.25, 0.3) is 11.3 Å². The van der Waals surface area contributed by atoms with E-state index in [9.17, 15) is 8.78 Å². The van der Waals surface area contributed by atoms with E-state index in [-0.39, 0.29) is 11.5 Å². The lowest BCUT2D eigenvalue weighted by Crippen LogP contribution is -2.02. The normalized spacial score (nSPS) is 11.1. The third kappa shape index (κ3) is 2.71. The molecule has 0 aliphatic carbocycles. The van der Waals surface area contributed by atoms with Crippen LogP contribution in [0.2, 0.25) is 0 Å². The van der Waals surface area contributed by atoms with Crippen molar-refractivity contribution in [1.29, 1.82) is 0 Å². The molecule has 0 atom stereocenters. The first-order chi connectivity index (χ1) is 8.90. The first kappa shape index (κ1) is 13.8. The van der Waals surface area contributed by atoms with Crippen molar-refractivity contribution in [3.63, 3.8) is 0 Å². The molecule has 0 saturated heterocycles. The summed E-state index contributed by atoms with van der Waals surface area (Å²) < 4.78 is 28.3. The Morgan fingerprint density at radius 1 is 1.26 bits per heavy atom. The maximum Gasteiger partial charge on any atom is 0.138 e. The van der Waals surface area contributed by atoms with Crippen molar-refractivity contribution in [3.05, 3.63) is 45.9 Å². The molecule has 0 unspecified atom stereocenters. The maximum absolute atomic E-state index is 14.1. The van der Waals surface area contributed by atoms with Crippen LogP contribution >= 0.6 is 12.2 Å². The molecule has 0 radical (unpaired) electrons. The highest BCUT2D eigenvalue weighted by molar-refractivity contribution is 7.71. The molecule has 0 spiro atoms. The van der Waals surface area contributed by atoms with Crippen molar-refractivity contribution in [2.45, 2.75) is 26.7 Å². The highest BCUT2D eigenvalue weighted by Crippen LogP contribution is 2.27. The number of aromatic nitrogens is 2. The number of hydrogen-bond acceptors (Lipinski definition) is 2. The van der Waals surface area contributed by atoms with Gasteiger partial charge in [-0.05, 0) is 24.6 Å². The lowest BCUT2D eigenvalue weighted by atomic mass is 10.1. The first-order valence-electron chi connectivity index (χ1n) is 5.96. The number of benzene rings is 1. The molecule has 5 heteroatoms. The van der Waals surface area contributed by atoms with E-state index >= 15 is 0 Å². The molecule has 2 aromatic rings. The van der Waals surface area contributed by atoms with Gasteiger partial charge in [0.2, 0.25) is 0 Å². The first-order valence-corrected chi connectivity index (χ1v) is 6.37. The van der Waals surface area contributed by atoms with Gasteiger partial charge in [0.1, 0.15) is 22.1 Å². The van der Waals surface area contributed by atoms with Crippen LogP contribution in [-0.2, 0) is 0 Å². The van der Waals surface area contributed by atoms with Crippen LogP contribution in [0, 0.1) is 23.2 Å². The zero-order valence-electron chi connectivity index (χ0n) is 10.9. The molecule has 1 N–H and O–H groups in total. The second-order valence-corrected chi connectivity index (χ2v) is 5.14. The standard InChI is InChI=1S/C14H14F2N2S/c1-7(2)14-17-10(6-11(19)18-14)12-9(15)5-4-8(3)13(12)16/h4-7H,1-3H3,(H,17,18,19). The van der Waals surface area contributed by atoms with Gasteiger partial charge in [0.25, 0.3) is 0 Å². The van der Waals surface area contributed by atoms with Gasteiger partial charge in [-0.2, -0.15) is 0 Å². The Labute approximate surface area is 115 Å². The van der Waals surface area contributed by atoms with E-state index in [0.29, 0.717) is 21.7 Å². The van der Waals surface area contributed by atoms with Gasteiger partial charge in [-0.15, -0.1) is 0 Å². The number of halogens is 2. The zero-order chi connectivity index (χ0) is 14.2. The van der Waals surface area contributed by atoms with E-state index in [2.05, 4.69) is 9.97 Å². The van der Waals surface area contributed by atoms with E-state index < -0.39 is 11.6 Å². The molecule has 1 heterocycles.